The first-order valence-corrected chi connectivity index (χ1v) is 9.56. The highest BCUT2D eigenvalue weighted by Crippen LogP contribution is 2.35. The number of pyridine rings is 1. The normalized spacial score (nSPS) is 30.0. The number of sulfonamides is 1. The second-order valence-corrected chi connectivity index (χ2v) is 8.21. The molecule has 3 heterocycles. The van der Waals surface area contributed by atoms with Crippen LogP contribution >= 0.6 is 0 Å². The molecule has 2 atom stereocenters. The Morgan fingerprint density at radius 3 is 3.14 bits per heavy atom. The number of nitrogens with one attached hydrogen (secondary N) is 1. The molecule has 2 aliphatic rings. The van der Waals surface area contributed by atoms with Crippen molar-refractivity contribution in [1.82, 2.24) is 14.6 Å². The van der Waals surface area contributed by atoms with Crippen LogP contribution in [-0.2, 0) is 21.3 Å². The van der Waals surface area contributed by atoms with E-state index in [0.717, 1.165) is 38.9 Å². The molecule has 0 saturated carbocycles. The fraction of sp³-hybridized carbons (Fsp3) is 0.667. The molecule has 0 aromatic carbocycles. The lowest BCUT2D eigenvalue weighted by atomic mass is 9.90. The van der Waals surface area contributed by atoms with Gasteiger partial charge >= 0.3 is 0 Å². The summed E-state index contributed by atoms with van der Waals surface area (Å²) in [6.45, 7) is 3.31. The quantitative estimate of drug-likeness (QED) is 0.885. The molecule has 6 nitrogen and oxygen atoms in total. The number of rotatable bonds is 4. The van der Waals surface area contributed by atoms with E-state index < -0.39 is 10.0 Å². The van der Waals surface area contributed by atoms with Crippen molar-refractivity contribution >= 4 is 10.0 Å². The number of nitrogens with zero attached hydrogens (tertiary/aromatic N) is 2. The van der Waals surface area contributed by atoms with Gasteiger partial charge in [-0.05, 0) is 30.9 Å². The van der Waals surface area contributed by atoms with E-state index in [4.69, 9.17) is 4.74 Å². The molecule has 0 bridgehead atoms. The number of aromatic nitrogens is 1. The van der Waals surface area contributed by atoms with Crippen LogP contribution in [0.15, 0.2) is 24.5 Å². The highest BCUT2D eigenvalue weighted by atomic mass is 32.2. The summed E-state index contributed by atoms with van der Waals surface area (Å²) in [5, 5.41) is 0. The van der Waals surface area contributed by atoms with E-state index in [1.165, 1.54) is 11.8 Å². The van der Waals surface area contributed by atoms with Crippen LogP contribution in [0.4, 0.5) is 0 Å². The zero-order valence-electron chi connectivity index (χ0n) is 12.9. The van der Waals surface area contributed by atoms with Crippen molar-refractivity contribution in [2.24, 2.45) is 0 Å². The molecule has 2 saturated heterocycles. The van der Waals surface area contributed by atoms with Crippen LogP contribution in [0.5, 0.6) is 0 Å². The Kier molecular flexibility index (Phi) is 4.49. The van der Waals surface area contributed by atoms with Gasteiger partial charge in [-0.15, -0.1) is 0 Å². The third-order valence-corrected chi connectivity index (χ3v) is 5.16. The minimum Gasteiger partial charge on any atom is -0.373 e. The van der Waals surface area contributed by atoms with Crippen molar-refractivity contribution < 1.29 is 13.2 Å². The molecule has 7 heteroatoms. The highest BCUT2D eigenvalue weighted by Gasteiger charge is 2.43. The van der Waals surface area contributed by atoms with E-state index >= 15 is 0 Å². The predicted molar refractivity (Wildman–Crippen MR) is 83.8 cm³/mol. The Morgan fingerprint density at radius 2 is 2.41 bits per heavy atom. The summed E-state index contributed by atoms with van der Waals surface area (Å²) in [6, 6.07) is 4.01. The van der Waals surface area contributed by atoms with Crippen LogP contribution in [0.2, 0.25) is 0 Å². The minimum absolute atomic E-state index is 0.0120. The maximum Gasteiger partial charge on any atom is 0.208 e. The fourth-order valence-corrected chi connectivity index (χ4v) is 4.33. The molecule has 122 valence electrons. The molecule has 1 spiro atoms. The van der Waals surface area contributed by atoms with E-state index in [1.54, 1.807) is 6.20 Å². The van der Waals surface area contributed by atoms with Gasteiger partial charge in [-0.1, -0.05) is 6.07 Å². The average Bonchev–Trinajstić information content (AvgIpc) is 2.80. The summed E-state index contributed by atoms with van der Waals surface area (Å²) in [7, 11) is -3.16. The summed E-state index contributed by atoms with van der Waals surface area (Å²) in [4.78, 5) is 6.51. The SMILES string of the molecule is CS(=O)(=O)N[C@H]1CCO[C@@]2(CCN(Cc3cccnc3)C2)C1. The summed E-state index contributed by atoms with van der Waals surface area (Å²) < 4.78 is 31.7. The molecule has 0 unspecified atom stereocenters. The molecule has 2 aliphatic heterocycles. The van der Waals surface area contributed by atoms with Crippen molar-refractivity contribution in [3.63, 3.8) is 0 Å². The molecule has 0 amide bonds. The van der Waals surface area contributed by atoms with Gasteiger partial charge in [0.1, 0.15) is 0 Å². The number of hydrogen-bond donors (Lipinski definition) is 1. The van der Waals surface area contributed by atoms with Gasteiger partial charge in [-0.2, -0.15) is 0 Å². The minimum atomic E-state index is -3.16. The Labute approximate surface area is 131 Å². The zero-order chi connectivity index (χ0) is 15.6. The van der Waals surface area contributed by atoms with Crippen molar-refractivity contribution in [2.45, 2.75) is 37.5 Å². The number of ether oxygens (including phenoxy) is 1. The molecular formula is C15H23N3O3S. The fourth-order valence-electron chi connectivity index (χ4n) is 3.53. The van der Waals surface area contributed by atoms with Gasteiger partial charge in [-0.25, -0.2) is 13.1 Å². The van der Waals surface area contributed by atoms with E-state index in [-0.39, 0.29) is 11.6 Å². The standard InChI is InChI=1S/C15H23N3O3S/c1-22(19,20)17-14-4-8-21-15(9-14)5-7-18(12-15)11-13-3-2-6-16-10-13/h2-3,6,10,14,17H,4-5,7-9,11-12H2,1H3/t14-,15-/m0/s1. The average molecular weight is 325 g/mol. The highest BCUT2D eigenvalue weighted by molar-refractivity contribution is 7.88. The lowest BCUT2D eigenvalue weighted by molar-refractivity contribution is -0.0779. The lowest BCUT2D eigenvalue weighted by Crippen LogP contribution is -2.49. The summed E-state index contributed by atoms with van der Waals surface area (Å²) >= 11 is 0. The van der Waals surface area contributed by atoms with Crippen LogP contribution in [0.1, 0.15) is 24.8 Å². The van der Waals surface area contributed by atoms with Crippen LogP contribution in [0.25, 0.3) is 0 Å². The van der Waals surface area contributed by atoms with Crippen LogP contribution in [0, 0.1) is 0 Å². The number of hydrogen-bond acceptors (Lipinski definition) is 5. The summed E-state index contributed by atoms with van der Waals surface area (Å²) in [5.74, 6) is 0. The van der Waals surface area contributed by atoms with Gasteiger partial charge in [0.15, 0.2) is 0 Å². The molecule has 0 radical (unpaired) electrons. The van der Waals surface area contributed by atoms with E-state index in [9.17, 15) is 8.42 Å². The maximum atomic E-state index is 11.4. The van der Waals surface area contributed by atoms with Crippen LogP contribution < -0.4 is 4.72 Å². The van der Waals surface area contributed by atoms with Crippen molar-refractivity contribution in [3.05, 3.63) is 30.1 Å². The van der Waals surface area contributed by atoms with Gasteiger partial charge < -0.3 is 4.74 Å². The molecular weight excluding hydrogens is 302 g/mol. The van der Waals surface area contributed by atoms with Crippen LogP contribution in [0.3, 0.4) is 0 Å². The van der Waals surface area contributed by atoms with E-state index in [1.807, 2.05) is 12.3 Å². The molecule has 1 aromatic heterocycles. The molecule has 1 N–H and O–H groups in total. The summed E-state index contributed by atoms with van der Waals surface area (Å²) in [6.07, 6.45) is 7.34. The largest absolute Gasteiger partial charge is 0.373 e. The smallest absolute Gasteiger partial charge is 0.208 e. The third-order valence-electron chi connectivity index (χ3n) is 4.40. The van der Waals surface area contributed by atoms with Gasteiger partial charge in [0.05, 0.1) is 11.9 Å². The Balaban J connectivity index is 1.60. The number of likely N-dealkylation sites (tertiary alicyclic amines) is 1. The first kappa shape index (κ1) is 15.9. The Morgan fingerprint density at radius 1 is 1.55 bits per heavy atom. The molecule has 2 fully saturated rings. The molecule has 0 aliphatic carbocycles. The van der Waals surface area contributed by atoms with Gasteiger partial charge in [-0.3, -0.25) is 9.88 Å². The predicted octanol–water partition coefficient (Wildman–Crippen LogP) is 0.754. The van der Waals surface area contributed by atoms with Crippen molar-refractivity contribution in [3.8, 4) is 0 Å². The Bertz CT molecular complexity index is 608. The van der Waals surface area contributed by atoms with E-state index in [0.29, 0.717) is 6.61 Å². The molecule has 3 rings (SSSR count). The lowest BCUT2D eigenvalue weighted by Gasteiger charge is -2.38. The molecule has 1 aromatic rings. The first-order valence-electron chi connectivity index (χ1n) is 7.67. The molecule has 22 heavy (non-hydrogen) atoms. The summed E-state index contributed by atoms with van der Waals surface area (Å²) in [5.41, 5.74) is 0.990. The van der Waals surface area contributed by atoms with Crippen LogP contribution in [-0.4, -0.2) is 55.9 Å². The topological polar surface area (TPSA) is 71.5 Å². The monoisotopic (exact) mass is 325 g/mol. The Hall–Kier alpha value is -1.02. The van der Waals surface area contributed by atoms with Gasteiger partial charge in [0.2, 0.25) is 10.0 Å². The van der Waals surface area contributed by atoms with Crippen molar-refractivity contribution in [2.75, 3.05) is 26.0 Å². The van der Waals surface area contributed by atoms with Gasteiger partial charge in [0.25, 0.3) is 0 Å². The van der Waals surface area contributed by atoms with Gasteiger partial charge in [0, 0.05) is 44.7 Å². The second kappa shape index (κ2) is 6.23. The van der Waals surface area contributed by atoms with Crippen molar-refractivity contribution in [1.29, 1.82) is 0 Å². The first-order chi connectivity index (χ1) is 10.4. The van der Waals surface area contributed by atoms with E-state index in [2.05, 4.69) is 20.7 Å². The second-order valence-electron chi connectivity index (χ2n) is 6.43. The zero-order valence-corrected chi connectivity index (χ0v) is 13.7. The third kappa shape index (κ3) is 4.04. The maximum absolute atomic E-state index is 11.4.